The van der Waals surface area contributed by atoms with Gasteiger partial charge in [-0.2, -0.15) is 0 Å². The summed E-state index contributed by atoms with van der Waals surface area (Å²) in [5.41, 5.74) is 1.83. The van der Waals surface area contributed by atoms with E-state index in [2.05, 4.69) is 10.2 Å². The Hall–Kier alpha value is -2.05. The Morgan fingerprint density at radius 2 is 2.00 bits per heavy atom. The van der Waals surface area contributed by atoms with Crippen LogP contribution in [0.2, 0.25) is 5.02 Å². The molecule has 3 rings (SSSR count). The highest BCUT2D eigenvalue weighted by atomic mass is 35.5. The van der Waals surface area contributed by atoms with Crippen molar-refractivity contribution in [3.63, 3.8) is 0 Å². The number of rotatable bonds is 6. The Balaban J connectivity index is 1.92. The van der Waals surface area contributed by atoms with Gasteiger partial charge in [-0.1, -0.05) is 41.6 Å². The van der Waals surface area contributed by atoms with Gasteiger partial charge in [0.2, 0.25) is 0 Å². The lowest BCUT2D eigenvalue weighted by molar-refractivity contribution is 0.416. The third-order valence-corrected chi connectivity index (χ3v) is 5.50. The lowest BCUT2D eigenvalue weighted by atomic mass is 10.2. The van der Waals surface area contributed by atoms with Crippen LogP contribution in [0.5, 0.6) is 5.75 Å². The smallest absolute Gasteiger partial charge is 0.192 e. The summed E-state index contributed by atoms with van der Waals surface area (Å²) in [7, 11) is 1.64. The summed E-state index contributed by atoms with van der Waals surface area (Å²) in [5, 5.41) is 9.70. The third-order valence-electron chi connectivity index (χ3n) is 4.08. The molecule has 1 atom stereocenters. The van der Waals surface area contributed by atoms with Gasteiger partial charge in [-0.05, 0) is 43.7 Å². The molecule has 3 aromatic rings. The van der Waals surface area contributed by atoms with Gasteiger partial charge in [-0.3, -0.25) is 0 Å². The van der Waals surface area contributed by atoms with Crippen molar-refractivity contribution in [2.75, 3.05) is 7.11 Å². The fraction of sp³-hybridized carbons (Fsp3) is 0.263. The Bertz CT molecular complexity index is 916. The molecule has 0 N–H and O–H groups in total. The SMILES string of the molecule is CCn1c(SC(C)c2ccc(F)c(Cl)c2)nnc1-c1ccccc1OC. The Labute approximate surface area is 161 Å². The molecule has 0 aliphatic rings. The van der Waals surface area contributed by atoms with E-state index in [1.165, 1.54) is 6.07 Å². The van der Waals surface area contributed by atoms with Crippen LogP contribution in [0.25, 0.3) is 11.4 Å². The van der Waals surface area contributed by atoms with Gasteiger partial charge in [0, 0.05) is 11.8 Å². The van der Waals surface area contributed by atoms with Crippen LogP contribution in [0.3, 0.4) is 0 Å². The fourth-order valence-electron chi connectivity index (χ4n) is 2.68. The molecule has 0 aliphatic carbocycles. The summed E-state index contributed by atoms with van der Waals surface area (Å²) in [6, 6.07) is 12.5. The molecule has 1 aromatic heterocycles. The van der Waals surface area contributed by atoms with Crippen molar-refractivity contribution < 1.29 is 9.13 Å². The highest BCUT2D eigenvalue weighted by Gasteiger charge is 2.19. The summed E-state index contributed by atoms with van der Waals surface area (Å²) >= 11 is 7.46. The second-order valence-electron chi connectivity index (χ2n) is 5.68. The van der Waals surface area contributed by atoms with Crippen LogP contribution in [0.4, 0.5) is 4.39 Å². The van der Waals surface area contributed by atoms with Gasteiger partial charge in [-0.15, -0.1) is 10.2 Å². The molecule has 0 aliphatic heterocycles. The van der Waals surface area contributed by atoms with Crippen LogP contribution >= 0.6 is 23.4 Å². The number of para-hydroxylation sites is 1. The van der Waals surface area contributed by atoms with Gasteiger partial charge in [0.05, 0.1) is 17.7 Å². The Morgan fingerprint density at radius 1 is 1.23 bits per heavy atom. The number of ether oxygens (including phenoxy) is 1. The van der Waals surface area contributed by atoms with E-state index in [-0.39, 0.29) is 10.3 Å². The van der Waals surface area contributed by atoms with Crippen LogP contribution in [0.1, 0.15) is 24.7 Å². The first-order chi connectivity index (χ1) is 12.5. The highest BCUT2D eigenvalue weighted by molar-refractivity contribution is 7.99. The minimum Gasteiger partial charge on any atom is -0.496 e. The zero-order chi connectivity index (χ0) is 18.7. The number of methoxy groups -OCH3 is 1. The van der Waals surface area contributed by atoms with Crippen LogP contribution in [-0.4, -0.2) is 21.9 Å². The van der Waals surface area contributed by atoms with Crippen molar-refractivity contribution >= 4 is 23.4 Å². The molecule has 4 nitrogen and oxygen atoms in total. The maximum atomic E-state index is 13.4. The van der Waals surface area contributed by atoms with E-state index in [0.29, 0.717) is 0 Å². The van der Waals surface area contributed by atoms with Gasteiger partial charge in [0.25, 0.3) is 0 Å². The molecule has 0 fully saturated rings. The van der Waals surface area contributed by atoms with Crippen molar-refractivity contribution in [3.8, 4) is 17.1 Å². The van der Waals surface area contributed by atoms with E-state index >= 15 is 0 Å². The maximum absolute atomic E-state index is 13.4. The highest BCUT2D eigenvalue weighted by Crippen LogP contribution is 2.37. The number of benzene rings is 2. The number of hydrogen-bond acceptors (Lipinski definition) is 4. The van der Waals surface area contributed by atoms with Gasteiger partial charge in [-0.25, -0.2) is 4.39 Å². The quantitative estimate of drug-likeness (QED) is 0.511. The predicted octanol–water partition coefficient (Wildman–Crippen LogP) is 5.62. The molecule has 0 radical (unpaired) electrons. The molecule has 1 unspecified atom stereocenters. The van der Waals surface area contributed by atoms with Gasteiger partial charge >= 0.3 is 0 Å². The van der Waals surface area contributed by atoms with Gasteiger partial charge in [0.15, 0.2) is 11.0 Å². The first-order valence-corrected chi connectivity index (χ1v) is 9.49. The van der Waals surface area contributed by atoms with E-state index in [1.54, 1.807) is 31.0 Å². The van der Waals surface area contributed by atoms with Crippen LogP contribution in [-0.2, 0) is 6.54 Å². The number of aromatic nitrogens is 3. The molecule has 1 heterocycles. The minimum atomic E-state index is -0.414. The molecule has 7 heteroatoms. The number of hydrogen-bond donors (Lipinski definition) is 0. The van der Waals surface area contributed by atoms with E-state index in [1.807, 2.05) is 42.7 Å². The summed E-state index contributed by atoms with van der Waals surface area (Å²) in [6.45, 7) is 4.80. The molecule has 0 saturated heterocycles. The maximum Gasteiger partial charge on any atom is 0.192 e. The average Bonchev–Trinajstić information content (AvgIpc) is 3.06. The van der Waals surface area contributed by atoms with Crippen LogP contribution < -0.4 is 4.74 Å². The zero-order valence-corrected chi connectivity index (χ0v) is 16.3. The summed E-state index contributed by atoms with van der Waals surface area (Å²) in [5.74, 6) is 1.10. The molecule has 136 valence electrons. The first-order valence-electron chi connectivity index (χ1n) is 8.23. The van der Waals surface area contributed by atoms with Crippen molar-refractivity contribution in [2.45, 2.75) is 30.8 Å². The van der Waals surface area contributed by atoms with Crippen LogP contribution in [0, 0.1) is 5.82 Å². The lowest BCUT2D eigenvalue weighted by Crippen LogP contribution is -2.02. The summed E-state index contributed by atoms with van der Waals surface area (Å²) in [4.78, 5) is 0. The predicted molar refractivity (Wildman–Crippen MR) is 103 cm³/mol. The first kappa shape index (κ1) is 18.7. The molecule has 26 heavy (non-hydrogen) atoms. The topological polar surface area (TPSA) is 39.9 Å². The molecular formula is C19H19ClFN3OS. The largest absolute Gasteiger partial charge is 0.496 e. The number of thioether (sulfide) groups is 1. The second-order valence-corrected chi connectivity index (χ2v) is 7.40. The Kier molecular flexibility index (Phi) is 5.84. The summed E-state index contributed by atoms with van der Waals surface area (Å²) in [6.07, 6.45) is 0. The van der Waals surface area contributed by atoms with Crippen molar-refractivity contribution in [2.24, 2.45) is 0 Å². The van der Waals surface area contributed by atoms with Crippen LogP contribution in [0.15, 0.2) is 47.6 Å². The standard InChI is InChI=1S/C19H19ClFN3OS/c1-4-24-18(14-7-5-6-8-17(14)25-3)22-23-19(24)26-12(2)13-9-10-16(21)15(20)11-13/h5-12H,4H2,1-3H3. The van der Waals surface area contributed by atoms with Crippen molar-refractivity contribution in [1.82, 2.24) is 14.8 Å². The summed E-state index contributed by atoms with van der Waals surface area (Å²) < 4.78 is 20.9. The van der Waals surface area contributed by atoms with Crippen molar-refractivity contribution in [1.29, 1.82) is 0 Å². The molecular weight excluding hydrogens is 373 g/mol. The van der Waals surface area contributed by atoms with Gasteiger partial charge in [0.1, 0.15) is 11.6 Å². The Morgan fingerprint density at radius 3 is 2.69 bits per heavy atom. The number of halogens is 2. The second kappa shape index (κ2) is 8.10. The monoisotopic (exact) mass is 391 g/mol. The zero-order valence-electron chi connectivity index (χ0n) is 14.7. The number of nitrogens with zero attached hydrogens (tertiary/aromatic N) is 3. The minimum absolute atomic E-state index is 0.0492. The third kappa shape index (κ3) is 3.71. The van der Waals surface area contributed by atoms with E-state index in [0.717, 1.165) is 34.4 Å². The average molecular weight is 392 g/mol. The molecule has 2 aromatic carbocycles. The van der Waals surface area contributed by atoms with Crippen molar-refractivity contribution in [3.05, 3.63) is 58.9 Å². The molecule has 0 spiro atoms. The molecule has 0 amide bonds. The normalized spacial score (nSPS) is 12.2. The fourth-order valence-corrected chi connectivity index (χ4v) is 3.90. The lowest BCUT2D eigenvalue weighted by Gasteiger charge is -2.14. The van der Waals surface area contributed by atoms with E-state index in [9.17, 15) is 4.39 Å². The van der Waals surface area contributed by atoms with E-state index < -0.39 is 5.82 Å². The molecule has 0 bridgehead atoms. The molecule has 0 saturated carbocycles. The van der Waals surface area contributed by atoms with Gasteiger partial charge < -0.3 is 9.30 Å². The van der Waals surface area contributed by atoms with E-state index in [4.69, 9.17) is 16.3 Å².